The van der Waals surface area contributed by atoms with Crippen molar-refractivity contribution in [2.45, 2.75) is 13.8 Å². The van der Waals surface area contributed by atoms with Gasteiger partial charge in [-0.3, -0.25) is 0 Å². The molecule has 14 heavy (non-hydrogen) atoms. The summed E-state index contributed by atoms with van der Waals surface area (Å²) in [6.45, 7) is 3.48. The minimum atomic E-state index is -0.948. The molecule has 2 aromatic rings. The number of hydrogen-bond acceptors (Lipinski definition) is 1. The van der Waals surface area contributed by atoms with Crippen LogP contribution < -0.4 is 0 Å². The molecule has 0 unspecified atom stereocenters. The summed E-state index contributed by atoms with van der Waals surface area (Å²) >= 11 is 0. The lowest BCUT2D eigenvalue weighted by molar-refractivity contribution is 0.400. The van der Waals surface area contributed by atoms with Gasteiger partial charge in [0.25, 0.3) is 0 Å². The van der Waals surface area contributed by atoms with Gasteiger partial charge < -0.3 is 10.1 Å². The molecule has 0 radical (unpaired) electrons. The Morgan fingerprint density at radius 2 is 1.93 bits per heavy atom. The average Bonchev–Trinajstić information content (AvgIpc) is 2.39. The predicted molar refractivity (Wildman–Crippen MR) is 49.4 cm³/mol. The topological polar surface area (TPSA) is 36.0 Å². The number of aryl methyl sites for hydroxylation is 2. The van der Waals surface area contributed by atoms with E-state index in [-0.39, 0.29) is 5.39 Å². The Morgan fingerprint density at radius 3 is 2.57 bits per heavy atom. The molecule has 0 saturated carbocycles. The summed E-state index contributed by atoms with van der Waals surface area (Å²) in [5.41, 5.74) is 1.82. The first-order valence-electron chi connectivity index (χ1n) is 4.18. The van der Waals surface area contributed by atoms with Gasteiger partial charge in [0.15, 0.2) is 17.4 Å². The molecule has 74 valence electrons. The summed E-state index contributed by atoms with van der Waals surface area (Å²) in [6, 6.07) is 1.09. The molecular formula is C10H9F2NO. The summed E-state index contributed by atoms with van der Waals surface area (Å²) in [7, 11) is 0. The van der Waals surface area contributed by atoms with E-state index in [1.165, 1.54) is 0 Å². The Bertz CT molecular complexity index is 517. The van der Waals surface area contributed by atoms with E-state index in [0.717, 1.165) is 11.8 Å². The molecular weight excluding hydrogens is 188 g/mol. The van der Waals surface area contributed by atoms with E-state index in [2.05, 4.69) is 4.98 Å². The van der Waals surface area contributed by atoms with E-state index in [9.17, 15) is 8.78 Å². The van der Waals surface area contributed by atoms with Crippen LogP contribution >= 0.6 is 0 Å². The maximum Gasteiger partial charge on any atom is 0.188 e. The van der Waals surface area contributed by atoms with Gasteiger partial charge in [0.1, 0.15) is 0 Å². The fourth-order valence-electron chi connectivity index (χ4n) is 1.56. The summed E-state index contributed by atoms with van der Waals surface area (Å²) in [5, 5.41) is 9.33. The van der Waals surface area contributed by atoms with E-state index in [0.29, 0.717) is 11.1 Å². The zero-order valence-corrected chi connectivity index (χ0v) is 7.78. The number of H-pyrrole nitrogens is 1. The van der Waals surface area contributed by atoms with Crippen molar-refractivity contribution in [2.24, 2.45) is 0 Å². The Balaban J connectivity index is 2.99. The van der Waals surface area contributed by atoms with Gasteiger partial charge in [-0.2, -0.15) is 0 Å². The smallest absolute Gasteiger partial charge is 0.188 e. The van der Waals surface area contributed by atoms with Crippen molar-refractivity contribution in [3.05, 3.63) is 29.0 Å². The minimum Gasteiger partial charge on any atom is -0.503 e. The van der Waals surface area contributed by atoms with Crippen LogP contribution in [-0.4, -0.2) is 10.1 Å². The van der Waals surface area contributed by atoms with E-state index in [4.69, 9.17) is 5.11 Å². The fraction of sp³-hybridized carbons (Fsp3) is 0.200. The number of rotatable bonds is 0. The minimum absolute atomic E-state index is 0.251. The molecule has 1 aromatic carbocycles. The number of aromatic nitrogens is 1. The van der Waals surface area contributed by atoms with Crippen LogP contribution in [0.5, 0.6) is 5.75 Å². The molecule has 1 heterocycles. The van der Waals surface area contributed by atoms with Crippen LogP contribution in [0.2, 0.25) is 0 Å². The van der Waals surface area contributed by atoms with Gasteiger partial charge in [0, 0.05) is 17.1 Å². The van der Waals surface area contributed by atoms with Crippen molar-refractivity contribution >= 4 is 10.9 Å². The first kappa shape index (κ1) is 8.99. The van der Waals surface area contributed by atoms with Gasteiger partial charge in [-0.1, -0.05) is 0 Å². The zero-order valence-electron chi connectivity index (χ0n) is 7.78. The molecule has 0 aliphatic carbocycles. The number of phenols is 1. The second kappa shape index (κ2) is 2.70. The van der Waals surface area contributed by atoms with Gasteiger partial charge in [-0.05, 0) is 19.4 Å². The number of hydrogen-bond donors (Lipinski definition) is 2. The third kappa shape index (κ3) is 0.999. The van der Waals surface area contributed by atoms with Crippen molar-refractivity contribution in [1.82, 2.24) is 4.98 Å². The second-order valence-corrected chi connectivity index (χ2v) is 3.32. The molecule has 1 aromatic heterocycles. The zero-order chi connectivity index (χ0) is 10.5. The molecule has 0 aliphatic heterocycles. The number of phenolic OH excluding ortho intramolecular Hbond substituents is 1. The van der Waals surface area contributed by atoms with E-state index in [1.807, 2.05) is 0 Å². The molecule has 0 amide bonds. The number of benzene rings is 1. The molecule has 4 heteroatoms. The molecule has 2 N–H and O–H groups in total. The Morgan fingerprint density at radius 1 is 1.29 bits per heavy atom. The van der Waals surface area contributed by atoms with Crippen LogP contribution in [0.4, 0.5) is 8.78 Å². The van der Waals surface area contributed by atoms with Crippen LogP contribution in [0.15, 0.2) is 6.07 Å². The number of fused-ring (bicyclic) bond motifs is 1. The largest absolute Gasteiger partial charge is 0.503 e. The maximum absolute atomic E-state index is 13.4. The molecule has 0 spiro atoms. The lowest BCUT2D eigenvalue weighted by Gasteiger charge is -1.99. The molecule has 0 bridgehead atoms. The number of nitrogens with one attached hydrogen (secondary N) is 1. The molecule has 0 atom stereocenters. The number of aromatic amines is 1. The first-order valence-corrected chi connectivity index (χ1v) is 4.18. The third-order valence-electron chi connectivity index (χ3n) is 2.45. The van der Waals surface area contributed by atoms with E-state index >= 15 is 0 Å². The standard InChI is InChI=1S/C10H9F2NO/c1-4-5(2)13-7-3-6(11)10(14)9(12)8(4)7/h3,13-14H,1-2H3. The second-order valence-electron chi connectivity index (χ2n) is 3.32. The van der Waals surface area contributed by atoms with Crippen LogP contribution in [-0.2, 0) is 0 Å². The van der Waals surface area contributed by atoms with Crippen molar-refractivity contribution in [3.63, 3.8) is 0 Å². The highest BCUT2D eigenvalue weighted by Crippen LogP contribution is 2.31. The summed E-state index contributed by atoms with van der Waals surface area (Å²) in [4.78, 5) is 2.84. The van der Waals surface area contributed by atoms with Crippen LogP contribution in [0.25, 0.3) is 10.9 Å². The highest BCUT2D eigenvalue weighted by molar-refractivity contribution is 5.86. The average molecular weight is 197 g/mol. The molecule has 0 fully saturated rings. The van der Waals surface area contributed by atoms with E-state index in [1.54, 1.807) is 13.8 Å². The normalized spacial score (nSPS) is 11.1. The maximum atomic E-state index is 13.4. The quantitative estimate of drug-likeness (QED) is 0.669. The number of halogens is 2. The van der Waals surface area contributed by atoms with Gasteiger partial charge in [0.2, 0.25) is 0 Å². The third-order valence-corrected chi connectivity index (χ3v) is 2.45. The van der Waals surface area contributed by atoms with Crippen molar-refractivity contribution in [3.8, 4) is 5.75 Å². The lowest BCUT2D eigenvalue weighted by Crippen LogP contribution is -1.85. The lowest BCUT2D eigenvalue weighted by atomic mass is 10.1. The van der Waals surface area contributed by atoms with Crippen molar-refractivity contribution < 1.29 is 13.9 Å². The van der Waals surface area contributed by atoms with Crippen LogP contribution in [0.3, 0.4) is 0 Å². The van der Waals surface area contributed by atoms with Gasteiger partial charge in [-0.25, -0.2) is 8.78 Å². The molecule has 2 rings (SSSR count). The fourth-order valence-corrected chi connectivity index (χ4v) is 1.56. The molecule has 0 saturated heterocycles. The Hall–Kier alpha value is -1.58. The van der Waals surface area contributed by atoms with Gasteiger partial charge >= 0.3 is 0 Å². The first-order chi connectivity index (χ1) is 6.52. The monoisotopic (exact) mass is 197 g/mol. The SMILES string of the molecule is Cc1[nH]c2cc(F)c(O)c(F)c2c1C. The van der Waals surface area contributed by atoms with Crippen molar-refractivity contribution in [1.29, 1.82) is 0 Å². The number of aromatic hydroxyl groups is 1. The Labute approximate surface area is 79.2 Å². The Kier molecular flexibility index (Phi) is 1.74. The summed E-state index contributed by atoms with van der Waals surface area (Å²) in [5.74, 6) is -2.77. The summed E-state index contributed by atoms with van der Waals surface area (Å²) < 4.78 is 26.4. The van der Waals surface area contributed by atoms with Gasteiger partial charge in [0.05, 0.1) is 5.52 Å². The predicted octanol–water partition coefficient (Wildman–Crippen LogP) is 2.77. The molecule has 2 nitrogen and oxygen atoms in total. The molecule has 0 aliphatic rings. The highest BCUT2D eigenvalue weighted by Gasteiger charge is 2.16. The van der Waals surface area contributed by atoms with Crippen LogP contribution in [0.1, 0.15) is 11.3 Å². The highest BCUT2D eigenvalue weighted by atomic mass is 19.1. The van der Waals surface area contributed by atoms with E-state index < -0.39 is 17.4 Å². The van der Waals surface area contributed by atoms with Crippen LogP contribution in [0, 0.1) is 25.5 Å². The van der Waals surface area contributed by atoms with Gasteiger partial charge in [-0.15, -0.1) is 0 Å². The summed E-state index contributed by atoms with van der Waals surface area (Å²) in [6.07, 6.45) is 0. The van der Waals surface area contributed by atoms with Crippen molar-refractivity contribution in [2.75, 3.05) is 0 Å².